The zero-order valence-electron chi connectivity index (χ0n) is 8.23. The smallest absolute Gasteiger partial charge is 0.224 e. The van der Waals surface area contributed by atoms with Gasteiger partial charge in [-0.25, -0.2) is 9.97 Å². The van der Waals surface area contributed by atoms with Crippen LogP contribution in [0.1, 0.15) is 0 Å². The number of aliphatic hydroxyl groups excluding tert-OH is 1. The zero-order valence-corrected chi connectivity index (χ0v) is 9.86. The van der Waals surface area contributed by atoms with E-state index in [0.717, 1.165) is 15.2 Å². The van der Waals surface area contributed by atoms with Gasteiger partial charge in [-0.1, -0.05) is 0 Å². The molecule has 0 saturated carbocycles. The van der Waals surface area contributed by atoms with Crippen LogP contribution in [0, 0.1) is 0 Å². The molecule has 0 saturated heterocycles. The number of nitrogens with zero attached hydrogens (tertiary/aromatic N) is 2. The van der Waals surface area contributed by atoms with Gasteiger partial charge in [-0.2, -0.15) is 0 Å². The van der Waals surface area contributed by atoms with Crippen LogP contribution in [0.5, 0.6) is 0 Å². The van der Waals surface area contributed by atoms with E-state index >= 15 is 0 Å². The molecule has 0 amide bonds. The SMILES string of the molecule is CNc1nc(SCCO)c2ccsc2n1. The van der Waals surface area contributed by atoms with E-state index in [1.165, 1.54) is 0 Å². The summed E-state index contributed by atoms with van der Waals surface area (Å²) in [6.45, 7) is 0.162. The number of thioether (sulfide) groups is 1. The number of hydrogen-bond acceptors (Lipinski definition) is 6. The van der Waals surface area contributed by atoms with Crippen molar-refractivity contribution in [2.45, 2.75) is 5.03 Å². The summed E-state index contributed by atoms with van der Waals surface area (Å²) in [5.41, 5.74) is 0. The standard InChI is InChI=1S/C9H11N3OS2/c1-10-9-11-7-6(2-4-14-7)8(12-9)15-5-3-13/h2,4,13H,3,5H2,1H3,(H,10,11,12). The van der Waals surface area contributed by atoms with Gasteiger partial charge in [-0.3, -0.25) is 0 Å². The van der Waals surface area contributed by atoms with Crippen LogP contribution in [-0.4, -0.2) is 34.5 Å². The van der Waals surface area contributed by atoms with Gasteiger partial charge in [0, 0.05) is 18.2 Å². The molecule has 0 aliphatic rings. The summed E-state index contributed by atoms with van der Waals surface area (Å²) >= 11 is 3.15. The van der Waals surface area contributed by atoms with Gasteiger partial charge in [0.2, 0.25) is 5.95 Å². The molecule has 2 N–H and O–H groups in total. The Morgan fingerprint density at radius 1 is 1.53 bits per heavy atom. The van der Waals surface area contributed by atoms with Crippen LogP contribution in [0.15, 0.2) is 16.5 Å². The number of aromatic nitrogens is 2. The monoisotopic (exact) mass is 241 g/mol. The average Bonchev–Trinajstić information content (AvgIpc) is 2.73. The molecule has 0 radical (unpaired) electrons. The van der Waals surface area contributed by atoms with Crippen LogP contribution >= 0.6 is 23.1 Å². The van der Waals surface area contributed by atoms with Gasteiger partial charge in [0.1, 0.15) is 9.86 Å². The minimum atomic E-state index is 0.162. The summed E-state index contributed by atoms with van der Waals surface area (Å²) in [4.78, 5) is 9.69. The van der Waals surface area contributed by atoms with Gasteiger partial charge in [-0.05, 0) is 11.4 Å². The third-order valence-electron chi connectivity index (χ3n) is 1.84. The van der Waals surface area contributed by atoms with Gasteiger partial charge in [-0.15, -0.1) is 23.1 Å². The Morgan fingerprint density at radius 2 is 2.40 bits per heavy atom. The minimum Gasteiger partial charge on any atom is -0.396 e. The van der Waals surface area contributed by atoms with E-state index in [1.807, 2.05) is 11.4 Å². The van der Waals surface area contributed by atoms with E-state index in [-0.39, 0.29) is 6.61 Å². The molecule has 4 nitrogen and oxygen atoms in total. The van der Waals surface area contributed by atoms with Gasteiger partial charge in [0.05, 0.1) is 6.61 Å². The topological polar surface area (TPSA) is 58.0 Å². The molecule has 80 valence electrons. The molecular formula is C9H11N3OS2. The molecule has 0 spiro atoms. The summed E-state index contributed by atoms with van der Waals surface area (Å²) < 4.78 is 0. The lowest BCUT2D eigenvalue weighted by Gasteiger charge is -2.03. The van der Waals surface area contributed by atoms with E-state index in [1.54, 1.807) is 30.1 Å². The van der Waals surface area contributed by atoms with E-state index in [9.17, 15) is 0 Å². The van der Waals surface area contributed by atoms with Gasteiger partial charge in [0.25, 0.3) is 0 Å². The van der Waals surface area contributed by atoms with Crippen molar-refractivity contribution < 1.29 is 5.11 Å². The highest BCUT2D eigenvalue weighted by Crippen LogP contribution is 2.29. The number of fused-ring (bicyclic) bond motifs is 1. The summed E-state index contributed by atoms with van der Waals surface area (Å²) in [5, 5.41) is 15.7. The van der Waals surface area contributed by atoms with E-state index < -0.39 is 0 Å². The number of thiophene rings is 1. The van der Waals surface area contributed by atoms with Crippen molar-refractivity contribution in [3.63, 3.8) is 0 Å². The highest BCUT2D eigenvalue weighted by atomic mass is 32.2. The van der Waals surface area contributed by atoms with Crippen molar-refractivity contribution in [1.82, 2.24) is 9.97 Å². The Labute approximate surface area is 95.8 Å². The van der Waals surface area contributed by atoms with Crippen LogP contribution in [0.25, 0.3) is 10.2 Å². The summed E-state index contributed by atoms with van der Waals surface area (Å²) in [7, 11) is 1.80. The fraction of sp³-hybridized carbons (Fsp3) is 0.333. The van der Waals surface area contributed by atoms with Crippen LogP contribution in [0.3, 0.4) is 0 Å². The molecule has 0 bridgehead atoms. The number of hydrogen-bond donors (Lipinski definition) is 2. The molecule has 2 aromatic heterocycles. The predicted molar refractivity (Wildman–Crippen MR) is 64.8 cm³/mol. The first-order valence-corrected chi connectivity index (χ1v) is 6.38. The van der Waals surface area contributed by atoms with Crippen molar-refractivity contribution in [2.75, 3.05) is 24.7 Å². The largest absolute Gasteiger partial charge is 0.396 e. The predicted octanol–water partition coefficient (Wildman–Crippen LogP) is 1.82. The first-order valence-electron chi connectivity index (χ1n) is 4.52. The molecule has 0 atom stereocenters. The van der Waals surface area contributed by atoms with E-state index in [4.69, 9.17) is 5.11 Å². The number of rotatable bonds is 4. The molecule has 0 aliphatic carbocycles. The first kappa shape index (κ1) is 10.7. The van der Waals surface area contributed by atoms with Gasteiger partial charge < -0.3 is 10.4 Å². The van der Waals surface area contributed by atoms with Crippen molar-refractivity contribution in [3.8, 4) is 0 Å². The Balaban J connectivity index is 2.43. The van der Waals surface area contributed by atoms with Crippen LogP contribution in [0.2, 0.25) is 0 Å². The first-order chi connectivity index (χ1) is 7.35. The van der Waals surface area contributed by atoms with E-state index in [2.05, 4.69) is 15.3 Å². The second-order valence-corrected chi connectivity index (χ2v) is 4.79. The normalized spacial score (nSPS) is 10.8. The average molecular weight is 241 g/mol. The Kier molecular flexibility index (Phi) is 3.40. The number of nitrogens with one attached hydrogen (secondary N) is 1. The number of aliphatic hydroxyl groups is 1. The lowest BCUT2D eigenvalue weighted by molar-refractivity contribution is 0.322. The van der Waals surface area contributed by atoms with Gasteiger partial charge in [0.15, 0.2) is 0 Å². The molecule has 0 unspecified atom stereocenters. The molecule has 0 aromatic carbocycles. The van der Waals surface area contributed by atoms with Crippen LogP contribution in [0.4, 0.5) is 5.95 Å². The molecule has 0 fully saturated rings. The summed E-state index contributed by atoms with van der Waals surface area (Å²) in [6.07, 6.45) is 0. The Morgan fingerprint density at radius 3 is 3.13 bits per heavy atom. The second-order valence-electron chi connectivity index (χ2n) is 2.81. The number of anilines is 1. The maximum Gasteiger partial charge on any atom is 0.224 e. The zero-order chi connectivity index (χ0) is 10.7. The van der Waals surface area contributed by atoms with Crippen molar-refractivity contribution in [2.24, 2.45) is 0 Å². The molecular weight excluding hydrogens is 230 g/mol. The fourth-order valence-electron chi connectivity index (χ4n) is 1.19. The van der Waals surface area contributed by atoms with Gasteiger partial charge >= 0.3 is 0 Å². The molecule has 15 heavy (non-hydrogen) atoms. The third kappa shape index (κ3) is 2.22. The molecule has 0 aliphatic heterocycles. The highest BCUT2D eigenvalue weighted by molar-refractivity contribution is 7.99. The van der Waals surface area contributed by atoms with Crippen molar-refractivity contribution in [3.05, 3.63) is 11.4 Å². The van der Waals surface area contributed by atoms with Crippen molar-refractivity contribution in [1.29, 1.82) is 0 Å². The quantitative estimate of drug-likeness (QED) is 0.631. The van der Waals surface area contributed by atoms with Crippen LogP contribution < -0.4 is 5.32 Å². The third-order valence-corrected chi connectivity index (χ3v) is 3.62. The molecule has 6 heteroatoms. The minimum absolute atomic E-state index is 0.162. The van der Waals surface area contributed by atoms with Crippen LogP contribution in [-0.2, 0) is 0 Å². The fourth-order valence-corrected chi connectivity index (χ4v) is 2.78. The molecule has 2 heterocycles. The highest BCUT2D eigenvalue weighted by Gasteiger charge is 2.08. The summed E-state index contributed by atoms with van der Waals surface area (Å²) in [6, 6.07) is 2.01. The van der Waals surface area contributed by atoms with Crippen molar-refractivity contribution >= 4 is 39.3 Å². The Bertz CT molecular complexity index is 458. The lowest BCUT2D eigenvalue weighted by Crippen LogP contribution is -1.98. The Hall–Kier alpha value is -0.850. The van der Waals surface area contributed by atoms with E-state index in [0.29, 0.717) is 11.7 Å². The lowest BCUT2D eigenvalue weighted by atomic mass is 10.4. The summed E-state index contributed by atoms with van der Waals surface area (Å²) in [5.74, 6) is 1.29. The second kappa shape index (κ2) is 4.78. The molecule has 2 rings (SSSR count). The maximum atomic E-state index is 8.80. The maximum absolute atomic E-state index is 8.80. The molecule has 2 aromatic rings.